The first-order valence-electron chi connectivity index (χ1n) is 18.3. The summed E-state index contributed by atoms with van der Waals surface area (Å²) in [6.45, 7) is 8.52. The van der Waals surface area contributed by atoms with E-state index in [-0.39, 0.29) is 77.3 Å². The Morgan fingerprint density at radius 3 is 2.00 bits per heavy atom. The number of fused-ring (bicyclic) bond motifs is 5. The molecule has 0 spiro atoms. The SMILES string of the molecule is C[C@H](CCCO)C1CC[C@H]2C3[C@H](OC(=O)CCCN)CC4C[C@H](OC(=O)CCCN)CC[C@]4(C)[C@H]3C[C@H](OC(=O)CCCN)C12C. The van der Waals surface area contributed by atoms with E-state index in [1.165, 1.54) is 0 Å². The minimum Gasteiger partial charge on any atom is -0.462 e. The standard InChI is InChI=1S/C36H63N3O7/c1-23(8-7-19-40)26-12-13-27-34-28(22-30(36(26,27)3)46-33(43)11-6-18-39)35(2)15-14-25(44-31(41)9-4-16-37)20-24(35)21-29(34)45-32(42)10-5-17-38/h23-30,34,40H,4-22,37-39H2,1-3H3/t23-,24?,25-,26?,27+,28+,29-,30+,34?,35+,36?/m1/s1. The number of rotatable bonds is 16. The summed E-state index contributed by atoms with van der Waals surface area (Å²) < 4.78 is 18.9. The fraction of sp³-hybridized carbons (Fsp3) is 0.917. The lowest BCUT2D eigenvalue weighted by molar-refractivity contribution is -0.226. The van der Waals surface area contributed by atoms with Crippen LogP contribution in [0.2, 0.25) is 0 Å². The van der Waals surface area contributed by atoms with E-state index < -0.39 is 0 Å². The van der Waals surface area contributed by atoms with E-state index in [4.69, 9.17) is 31.4 Å². The van der Waals surface area contributed by atoms with Gasteiger partial charge in [0.05, 0.1) is 0 Å². The van der Waals surface area contributed by atoms with Crippen molar-refractivity contribution in [2.75, 3.05) is 26.2 Å². The van der Waals surface area contributed by atoms with Gasteiger partial charge in [0.2, 0.25) is 0 Å². The van der Waals surface area contributed by atoms with Crippen LogP contribution in [0.3, 0.4) is 0 Å². The zero-order valence-corrected chi connectivity index (χ0v) is 28.8. The van der Waals surface area contributed by atoms with Crippen LogP contribution in [0.5, 0.6) is 0 Å². The number of aliphatic hydroxyl groups excluding tert-OH is 1. The molecule has 7 N–H and O–H groups in total. The highest BCUT2D eigenvalue weighted by Gasteiger charge is 2.67. The number of carbonyl (C=O) groups is 3. The quantitative estimate of drug-likeness (QED) is 0.140. The first-order chi connectivity index (χ1) is 22.0. The molecule has 0 saturated heterocycles. The van der Waals surface area contributed by atoms with E-state index >= 15 is 0 Å². The predicted octanol–water partition coefficient (Wildman–Crippen LogP) is 4.23. The van der Waals surface area contributed by atoms with E-state index in [0.29, 0.717) is 70.0 Å². The molecular weight excluding hydrogens is 586 g/mol. The summed E-state index contributed by atoms with van der Waals surface area (Å²) in [5, 5.41) is 9.62. The van der Waals surface area contributed by atoms with Crippen LogP contribution < -0.4 is 17.2 Å². The monoisotopic (exact) mass is 649 g/mol. The van der Waals surface area contributed by atoms with Gasteiger partial charge in [-0.15, -0.1) is 0 Å². The Morgan fingerprint density at radius 1 is 0.783 bits per heavy atom. The Bertz CT molecular complexity index is 1030. The average Bonchev–Trinajstić information content (AvgIpc) is 3.39. The zero-order valence-electron chi connectivity index (χ0n) is 28.8. The second-order valence-electron chi connectivity index (χ2n) is 15.4. The van der Waals surface area contributed by atoms with Crippen LogP contribution in [-0.2, 0) is 28.6 Å². The van der Waals surface area contributed by atoms with Crippen LogP contribution in [0, 0.1) is 46.3 Å². The first kappa shape index (κ1) is 37.1. The van der Waals surface area contributed by atoms with Gasteiger partial charge in [0.15, 0.2) is 0 Å². The number of nitrogens with two attached hydrogens (primary N) is 3. The third-order valence-electron chi connectivity index (χ3n) is 12.9. The van der Waals surface area contributed by atoms with Gasteiger partial charge in [0.1, 0.15) is 18.3 Å². The van der Waals surface area contributed by atoms with Crippen LogP contribution in [0.25, 0.3) is 0 Å². The summed E-state index contributed by atoms with van der Waals surface area (Å²) in [4.78, 5) is 39.0. The lowest BCUT2D eigenvalue weighted by atomic mass is 9.43. The molecule has 0 aromatic rings. The largest absolute Gasteiger partial charge is 0.462 e. The Kier molecular flexibility index (Phi) is 13.4. The second kappa shape index (κ2) is 16.6. The number of hydrogen-bond acceptors (Lipinski definition) is 10. The number of carbonyl (C=O) groups excluding carboxylic acids is 3. The summed E-state index contributed by atoms with van der Waals surface area (Å²) in [7, 11) is 0. The summed E-state index contributed by atoms with van der Waals surface area (Å²) in [6.07, 6.45) is 9.75. The summed E-state index contributed by atoms with van der Waals surface area (Å²) in [5.74, 6) is 0.931. The van der Waals surface area contributed by atoms with Gasteiger partial charge in [-0.25, -0.2) is 0 Å². The fourth-order valence-corrected chi connectivity index (χ4v) is 10.5. The number of aliphatic hydroxyl groups is 1. The van der Waals surface area contributed by atoms with Crippen LogP contribution in [-0.4, -0.2) is 67.6 Å². The predicted molar refractivity (Wildman–Crippen MR) is 176 cm³/mol. The highest BCUT2D eigenvalue weighted by molar-refractivity contribution is 5.70. The summed E-state index contributed by atoms with van der Waals surface area (Å²) in [6, 6.07) is 0. The van der Waals surface area contributed by atoms with Gasteiger partial charge in [-0.3, -0.25) is 14.4 Å². The zero-order chi connectivity index (χ0) is 33.5. The van der Waals surface area contributed by atoms with Crippen LogP contribution in [0.1, 0.15) is 117 Å². The molecule has 46 heavy (non-hydrogen) atoms. The smallest absolute Gasteiger partial charge is 0.306 e. The molecule has 0 aliphatic heterocycles. The van der Waals surface area contributed by atoms with Crippen molar-refractivity contribution in [1.29, 1.82) is 0 Å². The highest BCUT2D eigenvalue weighted by atomic mass is 16.6. The van der Waals surface area contributed by atoms with Crippen LogP contribution >= 0.6 is 0 Å². The minimum atomic E-state index is -0.269. The molecule has 4 aliphatic rings. The van der Waals surface area contributed by atoms with Gasteiger partial charge in [-0.1, -0.05) is 20.8 Å². The molecule has 4 saturated carbocycles. The van der Waals surface area contributed by atoms with Crippen molar-refractivity contribution in [3.63, 3.8) is 0 Å². The molecular formula is C36H63N3O7. The number of ether oxygens (including phenoxy) is 3. The van der Waals surface area contributed by atoms with Crippen molar-refractivity contribution < 1.29 is 33.7 Å². The van der Waals surface area contributed by atoms with Crippen molar-refractivity contribution in [1.82, 2.24) is 0 Å². The molecule has 264 valence electrons. The first-order valence-corrected chi connectivity index (χ1v) is 18.3. The van der Waals surface area contributed by atoms with Crippen molar-refractivity contribution in [2.45, 2.75) is 135 Å². The van der Waals surface area contributed by atoms with Gasteiger partial charge in [-0.2, -0.15) is 0 Å². The van der Waals surface area contributed by atoms with E-state index in [1.54, 1.807) is 0 Å². The normalized spacial score (nSPS) is 37.4. The van der Waals surface area contributed by atoms with Gasteiger partial charge in [0.25, 0.3) is 0 Å². The molecule has 0 aromatic heterocycles. The van der Waals surface area contributed by atoms with Gasteiger partial charge < -0.3 is 36.5 Å². The molecule has 0 amide bonds. The van der Waals surface area contributed by atoms with Crippen LogP contribution in [0.4, 0.5) is 0 Å². The van der Waals surface area contributed by atoms with E-state index in [0.717, 1.165) is 57.8 Å². The van der Waals surface area contributed by atoms with E-state index in [1.807, 2.05) is 0 Å². The molecule has 4 unspecified atom stereocenters. The lowest BCUT2D eigenvalue weighted by Gasteiger charge is -2.64. The minimum absolute atomic E-state index is 0.0607. The van der Waals surface area contributed by atoms with Crippen LogP contribution in [0.15, 0.2) is 0 Å². The molecule has 4 fully saturated rings. The summed E-state index contributed by atoms with van der Waals surface area (Å²) >= 11 is 0. The maximum Gasteiger partial charge on any atom is 0.306 e. The molecule has 4 rings (SSSR count). The molecule has 11 atom stereocenters. The third-order valence-corrected chi connectivity index (χ3v) is 12.9. The molecule has 10 nitrogen and oxygen atoms in total. The van der Waals surface area contributed by atoms with Gasteiger partial charge >= 0.3 is 17.9 Å². The van der Waals surface area contributed by atoms with E-state index in [9.17, 15) is 19.5 Å². The Hall–Kier alpha value is -1.75. The lowest BCUT2D eigenvalue weighted by Crippen LogP contribution is -2.63. The maximum atomic E-state index is 13.3. The Labute approximate surface area is 276 Å². The molecule has 0 aromatic carbocycles. The van der Waals surface area contributed by atoms with Gasteiger partial charge in [0, 0.05) is 37.2 Å². The van der Waals surface area contributed by atoms with Gasteiger partial charge in [-0.05, 0) is 132 Å². The molecule has 10 heteroatoms. The molecule has 0 heterocycles. The number of esters is 3. The van der Waals surface area contributed by atoms with Crippen molar-refractivity contribution in [2.24, 2.45) is 63.5 Å². The molecule has 0 bridgehead atoms. The van der Waals surface area contributed by atoms with Crippen molar-refractivity contribution in [3.05, 3.63) is 0 Å². The maximum absolute atomic E-state index is 13.3. The third kappa shape index (κ3) is 7.92. The summed E-state index contributed by atoms with van der Waals surface area (Å²) in [5.41, 5.74) is 16.8. The highest BCUT2D eigenvalue weighted by Crippen LogP contribution is 2.69. The van der Waals surface area contributed by atoms with Crippen molar-refractivity contribution in [3.8, 4) is 0 Å². The Balaban J connectivity index is 1.68. The average molecular weight is 650 g/mol. The molecule has 4 aliphatic carbocycles. The van der Waals surface area contributed by atoms with E-state index in [2.05, 4.69) is 20.8 Å². The molecule has 0 radical (unpaired) electrons. The second-order valence-corrected chi connectivity index (χ2v) is 15.4. The topological polar surface area (TPSA) is 177 Å². The Morgan fingerprint density at radius 2 is 1.39 bits per heavy atom. The fourth-order valence-electron chi connectivity index (χ4n) is 10.5. The van der Waals surface area contributed by atoms with Crippen molar-refractivity contribution >= 4 is 17.9 Å². The number of hydrogen-bond donors (Lipinski definition) is 4.